The highest BCUT2D eigenvalue weighted by Crippen LogP contribution is 2.42. The lowest BCUT2D eigenvalue weighted by atomic mass is 10.4. The lowest BCUT2D eigenvalue weighted by Gasteiger charge is -1.80. The van der Waals surface area contributed by atoms with Gasteiger partial charge in [-0.05, 0) is 6.07 Å². The second-order valence-corrected chi connectivity index (χ2v) is 2.56. The van der Waals surface area contributed by atoms with Crippen LogP contribution in [0, 0.1) is 0 Å². The smallest absolute Gasteiger partial charge is 0.337 e. The number of rotatable bonds is 1. The van der Waals surface area contributed by atoms with Gasteiger partial charge in [0.15, 0.2) is 11.5 Å². The van der Waals surface area contributed by atoms with Crippen LogP contribution in [0.2, 0.25) is 0 Å². The van der Waals surface area contributed by atoms with E-state index in [0.717, 1.165) is 11.5 Å². The number of fused-ring (bicyclic) bond motifs is 1. The van der Waals surface area contributed by atoms with Crippen molar-refractivity contribution in [1.29, 1.82) is 0 Å². The maximum absolute atomic E-state index is 12.0. The second kappa shape index (κ2) is 1.57. The highest BCUT2D eigenvalue weighted by atomic mass is 28.3. The predicted molar refractivity (Wildman–Crippen MR) is 33.0 cm³/mol. The number of hydrogen-bond donors (Lipinski definition) is 0. The molecule has 1 aromatic rings. The van der Waals surface area contributed by atoms with Crippen molar-refractivity contribution >= 4 is 15.0 Å². The molecule has 0 bridgehead atoms. The molecule has 0 spiro atoms. The Labute approximate surface area is 54.5 Å². The van der Waals surface area contributed by atoms with Crippen LogP contribution in [0.1, 0.15) is 0 Å². The average Bonchev–Trinajstić information content (AvgIpc) is 2.64. The standard InChI is InChI=1S/C6H3FOSi/c7-9-5-3-1-2-4-6(5)8-4/h1-3H. The minimum absolute atomic E-state index is 0.644. The summed E-state index contributed by atoms with van der Waals surface area (Å²) >= 11 is 0. The number of halogens is 1. The van der Waals surface area contributed by atoms with Gasteiger partial charge in [-0.2, -0.15) is 0 Å². The fourth-order valence-electron chi connectivity index (χ4n) is 0.764. The molecule has 2 rings (SSSR count). The van der Waals surface area contributed by atoms with E-state index in [4.69, 9.17) is 4.74 Å². The Bertz CT molecular complexity index is 249. The summed E-state index contributed by atoms with van der Waals surface area (Å²) < 4.78 is 16.9. The highest BCUT2D eigenvalue weighted by Gasteiger charge is 2.23. The summed E-state index contributed by atoms with van der Waals surface area (Å²) in [6.07, 6.45) is 0. The van der Waals surface area contributed by atoms with Crippen LogP contribution in [0.3, 0.4) is 0 Å². The third-order valence-electron chi connectivity index (χ3n) is 1.25. The van der Waals surface area contributed by atoms with Crippen molar-refractivity contribution in [3.8, 4) is 11.5 Å². The van der Waals surface area contributed by atoms with Crippen LogP contribution in [-0.4, -0.2) is 9.85 Å². The van der Waals surface area contributed by atoms with Crippen molar-refractivity contribution in [1.82, 2.24) is 0 Å². The van der Waals surface area contributed by atoms with E-state index < -0.39 is 9.85 Å². The lowest BCUT2D eigenvalue weighted by Crippen LogP contribution is -2.05. The van der Waals surface area contributed by atoms with Gasteiger partial charge in [0, 0.05) is 5.19 Å². The van der Waals surface area contributed by atoms with Crippen LogP contribution < -0.4 is 9.92 Å². The van der Waals surface area contributed by atoms with Crippen LogP contribution >= 0.6 is 0 Å². The van der Waals surface area contributed by atoms with Crippen molar-refractivity contribution in [2.24, 2.45) is 0 Å². The van der Waals surface area contributed by atoms with E-state index >= 15 is 0 Å². The molecule has 0 unspecified atom stereocenters. The normalized spacial score (nSPS) is 12.1. The molecule has 3 heteroatoms. The van der Waals surface area contributed by atoms with Crippen molar-refractivity contribution in [2.75, 3.05) is 0 Å². The number of para-hydroxylation sites is 1. The summed E-state index contributed by atoms with van der Waals surface area (Å²) in [6, 6.07) is 5.37. The molecule has 1 aromatic carbocycles. The Morgan fingerprint density at radius 3 is 3.00 bits per heavy atom. The third kappa shape index (κ3) is 0.649. The molecule has 0 amide bonds. The molecule has 2 radical (unpaired) electrons. The van der Waals surface area contributed by atoms with E-state index in [-0.39, 0.29) is 0 Å². The van der Waals surface area contributed by atoms with Gasteiger partial charge in [0.25, 0.3) is 0 Å². The van der Waals surface area contributed by atoms with Crippen LogP contribution in [-0.2, 0) is 0 Å². The lowest BCUT2D eigenvalue weighted by molar-refractivity contribution is 0.651. The Kier molecular flexibility index (Phi) is 0.872. The van der Waals surface area contributed by atoms with Gasteiger partial charge in [0.1, 0.15) is 0 Å². The molecule has 1 nitrogen and oxygen atoms in total. The first kappa shape index (κ1) is 4.99. The molecule has 0 fully saturated rings. The van der Waals surface area contributed by atoms with Gasteiger partial charge in [-0.25, -0.2) is 0 Å². The van der Waals surface area contributed by atoms with E-state index in [1.54, 1.807) is 12.1 Å². The molecule has 0 aromatic heterocycles. The van der Waals surface area contributed by atoms with E-state index in [1.807, 2.05) is 6.07 Å². The van der Waals surface area contributed by atoms with Crippen molar-refractivity contribution in [3.05, 3.63) is 18.2 Å². The summed E-state index contributed by atoms with van der Waals surface area (Å²) in [5.74, 6) is 1.58. The molecule has 0 atom stereocenters. The van der Waals surface area contributed by atoms with Gasteiger partial charge >= 0.3 is 9.85 Å². The second-order valence-electron chi connectivity index (χ2n) is 1.83. The van der Waals surface area contributed by atoms with Crippen molar-refractivity contribution < 1.29 is 8.84 Å². The molecule has 0 saturated carbocycles. The first-order valence-electron chi connectivity index (χ1n) is 2.59. The van der Waals surface area contributed by atoms with Gasteiger partial charge in [0.2, 0.25) is 0 Å². The van der Waals surface area contributed by atoms with Crippen LogP contribution in [0.4, 0.5) is 4.11 Å². The SMILES string of the molecule is F[Si]c1cccc2c1O2. The topological polar surface area (TPSA) is 12.5 Å². The van der Waals surface area contributed by atoms with E-state index in [0.29, 0.717) is 5.19 Å². The molecule has 9 heavy (non-hydrogen) atoms. The Morgan fingerprint density at radius 1 is 1.44 bits per heavy atom. The highest BCUT2D eigenvalue weighted by molar-refractivity contribution is 6.48. The van der Waals surface area contributed by atoms with E-state index in [2.05, 4.69) is 0 Å². The van der Waals surface area contributed by atoms with E-state index in [1.165, 1.54) is 0 Å². The Morgan fingerprint density at radius 2 is 2.33 bits per heavy atom. The average molecular weight is 138 g/mol. The summed E-state index contributed by atoms with van der Waals surface area (Å²) in [5.41, 5.74) is 0. The molecule has 0 saturated heterocycles. The summed E-state index contributed by atoms with van der Waals surface area (Å²) in [5, 5.41) is 0.688. The van der Waals surface area contributed by atoms with Gasteiger partial charge in [0.05, 0.1) is 0 Å². The Hall–Kier alpha value is -0.833. The number of benzene rings is 1. The van der Waals surface area contributed by atoms with Crippen LogP contribution in [0.25, 0.3) is 0 Å². The van der Waals surface area contributed by atoms with Gasteiger partial charge in [-0.1, -0.05) is 12.1 Å². The van der Waals surface area contributed by atoms with Gasteiger partial charge in [-0.3, -0.25) is 0 Å². The molecular formula is C6H3FOSi. The van der Waals surface area contributed by atoms with Gasteiger partial charge in [-0.15, -0.1) is 0 Å². The van der Waals surface area contributed by atoms with Crippen molar-refractivity contribution in [2.45, 2.75) is 0 Å². The third-order valence-corrected chi connectivity index (χ3v) is 1.85. The summed E-state index contributed by atoms with van der Waals surface area (Å²) in [6.45, 7) is 0. The monoisotopic (exact) mass is 138 g/mol. The van der Waals surface area contributed by atoms with Crippen molar-refractivity contribution in [3.63, 3.8) is 0 Å². The first-order chi connectivity index (χ1) is 4.42. The molecule has 0 N–H and O–H groups in total. The zero-order chi connectivity index (χ0) is 6.27. The fraction of sp³-hybridized carbons (Fsp3) is 0. The minimum Gasteiger partial charge on any atom is -0.450 e. The fourth-order valence-corrected chi connectivity index (χ4v) is 1.18. The molecule has 0 aliphatic carbocycles. The minimum atomic E-state index is -0.644. The molecule has 1 aliphatic rings. The largest absolute Gasteiger partial charge is 0.450 e. The molecular weight excluding hydrogens is 135 g/mol. The zero-order valence-electron chi connectivity index (χ0n) is 4.52. The zero-order valence-corrected chi connectivity index (χ0v) is 5.52. The van der Waals surface area contributed by atoms with Crippen LogP contribution in [0.15, 0.2) is 18.2 Å². The predicted octanol–water partition coefficient (Wildman–Crippen LogP) is 1.01. The summed E-state index contributed by atoms with van der Waals surface area (Å²) in [4.78, 5) is 0. The Balaban J connectivity index is 2.51. The number of ether oxygens (including phenoxy) is 1. The molecule has 44 valence electrons. The molecule has 1 aliphatic heterocycles. The maximum Gasteiger partial charge on any atom is 0.337 e. The van der Waals surface area contributed by atoms with E-state index in [9.17, 15) is 4.11 Å². The summed E-state index contributed by atoms with van der Waals surface area (Å²) in [7, 11) is -0.644. The number of hydrogen-bond acceptors (Lipinski definition) is 1. The first-order valence-corrected chi connectivity index (χ1v) is 3.47. The quantitative estimate of drug-likeness (QED) is 0.325. The van der Waals surface area contributed by atoms with Crippen LogP contribution in [0.5, 0.6) is 11.5 Å². The maximum atomic E-state index is 12.0. The molecule has 1 heterocycles. The van der Waals surface area contributed by atoms with Gasteiger partial charge < -0.3 is 8.84 Å².